The Morgan fingerprint density at radius 1 is 0.960 bits per heavy atom. The Labute approximate surface area is 154 Å². The fourth-order valence-corrected chi connectivity index (χ4v) is 3.61. The molecule has 2 aliphatic rings. The molecular weight excluding hydrogens is 384 g/mol. The lowest BCUT2D eigenvalue weighted by Gasteiger charge is -2.35. The van der Waals surface area contributed by atoms with Gasteiger partial charge in [-0.05, 0) is 45.8 Å². The second-order valence-electron chi connectivity index (χ2n) is 6.23. The molecule has 0 atom stereocenters. The van der Waals surface area contributed by atoms with E-state index >= 15 is 0 Å². The van der Waals surface area contributed by atoms with Crippen LogP contribution in [0.2, 0.25) is 0 Å². The van der Waals surface area contributed by atoms with Crippen molar-refractivity contribution in [3.8, 4) is 11.5 Å². The van der Waals surface area contributed by atoms with Crippen molar-refractivity contribution in [1.29, 1.82) is 0 Å². The summed E-state index contributed by atoms with van der Waals surface area (Å²) < 4.78 is 11.4. The van der Waals surface area contributed by atoms with E-state index < -0.39 is 0 Å². The lowest BCUT2D eigenvalue weighted by Crippen LogP contribution is -2.47. The largest absolute Gasteiger partial charge is 0.454 e. The van der Waals surface area contributed by atoms with Crippen molar-refractivity contribution in [3.05, 3.63) is 62.7 Å². The predicted octanol–water partition coefficient (Wildman–Crippen LogP) is 2.86. The Hall–Kier alpha value is -2.05. The molecule has 0 spiro atoms. The van der Waals surface area contributed by atoms with Crippen molar-refractivity contribution in [2.75, 3.05) is 37.9 Å². The Kier molecular flexibility index (Phi) is 4.63. The van der Waals surface area contributed by atoms with Crippen LogP contribution in [0.5, 0.6) is 11.5 Å². The maximum absolute atomic E-state index is 12.4. The third kappa shape index (κ3) is 3.50. The Morgan fingerprint density at radius 2 is 1.72 bits per heavy atom. The number of fused-ring (bicyclic) bond motifs is 1. The number of piperazine rings is 1. The van der Waals surface area contributed by atoms with Gasteiger partial charge >= 0.3 is 0 Å². The van der Waals surface area contributed by atoms with Crippen molar-refractivity contribution in [3.63, 3.8) is 0 Å². The number of nitrogens with zero attached hydrogens (tertiary/aromatic N) is 2. The number of benzene rings is 1. The number of hydrogen-bond acceptors (Lipinski definition) is 5. The van der Waals surface area contributed by atoms with Crippen LogP contribution in [0.25, 0.3) is 0 Å². The van der Waals surface area contributed by atoms with Crippen LogP contribution < -0.4 is 19.8 Å². The van der Waals surface area contributed by atoms with Crippen LogP contribution in [0.1, 0.15) is 5.56 Å². The highest BCUT2D eigenvalue weighted by Crippen LogP contribution is 2.32. The SMILES string of the molecule is O=c1c(Br)ccccc1N1CCN(Cc2ccc3c(c2)OCO3)CC1. The first-order valence-corrected chi connectivity index (χ1v) is 9.15. The summed E-state index contributed by atoms with van der Waals surface area (Å²) in [6.45, 7) is 4.71. The molecule has 1 saturated heterocycles. The van der Waals surface area contributed by atoms with Gasteiger partial charge in [0.1, 0.15) is 0 Å². The second kappa shape index (κ2) is 7.06. The summed E-state index contributed by atoms with van der Waals surface area (Å²) in [4.78, 5) is 17.0. The highest BCUT2D eigenvalue weighted by atomic mass is 79.9. The van der Waals surface area contributed by atoms with E-state index in [1.807, 2.05) is 24.3 Å². The molecule has 2 aromatic carbocycles. The minimum atomic E-state index is 0.0502. The van der Waals surface area contributed by atoms with E-state index in [0.717, 1.165) is 49.9 Å². The molecule has 25 heavy (non-hydrogen) atoms. The lowest BCUT2D eigenvalue weighted by atomic mass is 10.1. The molecule has 0 bridgehead atoms. The van der Waals surface area contributed by atoms with Crippen molar-refractivity contribution < 1.29 is 9.47 Å². The molecule has 0 radical (unpaired) electrons. The van der Waals surface area contributed by atoms with E-state index in [0.29, 0.717) is 11.3 Å². The zero-order chi connectivity index (χ0) is 17.2. The molecule has 130 valence electrons. The van der Waals surface area contributed by atoms with Gasteiger partial charge < -0.3 is 14.4 Å². The van der Waals surface area contributed by atoms with Gasteiger partial charge in [0.25, 0.3) is 0 Å². The summed E-state index contributed by atoms with van der Waals surface area (Å²) in [6.07, 6.45) is 0. The molecule has 2 aliphatic heterocycles. The standard InChI is InChI=1S/C19H19BrN2O3/c20-15-3-1-2-4-16(19(15)23)22-9-7-21(8-10-22)12-14-5-6-17-18(11-14)25-13-24-17/h1-6,11H,7-10,12-13H2. The second-order valence-corrected chi connectivity index (χ2v) is 7.09. The zero-order valence-electron chi connectivity index (χ0n) is 13.8. The van der Waals surface area contributed by atoms with Gasteiger partial charge in [0.05, 0.1) is 10.2 Å². The monoisotopic (exact) mass is 402 g/mol. The summed E-state index contributed by atoms with van der Waals surface area (Å²) in [5.74, 6) is 1.65. The normalized spacial score (nSPS) is 16.9. The van der Waals surface area contributed by atoms with Gasteiger partial charge in [-0.15, -0.1) is 0 Å². The Morgan fingerprint density at radius 3 is 2.56 bits per heavy atom. The molecule has 0 aliphatic carbocycles. The molecule has 0 aromatic heterocycles. The molecule has 0 saturated carbocycles. The molecule has 5 nitrogen and oxygen atoms in total. The van der Waals surface area contributed by atoms with Crippen molar-refractivity contribution >= 4 is 21.6 Å². The molecule has 2 heterocycles. The van der Waals surface area contributed by atoms with Gasteiger partial charge in [-0.3, -0.25) is 9.69 Å². The quantitative estimate of drug-likeness (QED) is 0.789. The number of ether oxygens (including phenoxy) is 2. The minimum Gasteiger partial charge on any atom is -0.454 e. The lowest BCUT2D eigenvalue weighted by molar-refractivity contribution is 0.174. The first-order valence-electron chi connectivity index (χ1n) is 8.35. The van der Waals surface area contributed by atoms with E-state index in [2.05, 4.69) is 37.9 Å². The minimum absolute atomic E-state index is 0.0502. The molecule has 0 unspecified atom stereocenters. The maximum atomic E-state index is 12.4. The fraction of sp³-hybridized carbons (Fsp3) is 0.316. The number of anilines is 1. The van der Waals surface area contributed by atoms with Crippen LogP contribution in [0, 0.1) is 0 Å². The van der Waals surface area contributed by atoms with Gasteiger partial charge in [0.2, 0.25) is 12.2 Å². The van der Waals surface area contributed by atoms with Gasteiger partial charge in [-0.1, -0.05) is 18.2 Å². The van der Waals surface area contributed by atoms with Crippen molar-refractivity contribution in [2.45, 2.75) is 6.54 Å². The van der Waals surface area contributed by atoms with Gasteiger partial charge in [-0.2, -0.15) is 0 Å². The molecule has 0 N–H and O–H groups in total. The summed E-state index contributed by atoms with van der Waals surface area (Å²) in [7, 11) is 0. The smallest absolute Gasteiger partial charge is 0.231 e. The number of halogens is 1. The van der Waals surface area contributed by atoms with E-state index in [4.69, 9.17) is 9.47 Å². The molecule has 4 rings (SSSR count). The first-order chi connectivity index (χ1) is 12.2. The number of hydrogen-bond donors (Lipinski definition) is 0. The molecule has 1 fully saturated rings. The van der Waals surface area contributed by atoms with Crippen LogP contribution in [0.3, 0.4) is 0 Å². The van der Waals surface area contributed by atoms with E-state index in [9.17, 15) is 4.79 Å². The topological polar surface area (TPSA) is 42.0 Å². The molecular formula is C19H19BrN2O3. The average Bonchev–Trinajstić information content (AvgIpc) is 3.03. The van der Waals surface area contributed by atoms with Crippen LogP contribution >= 0.6 is 15.9 Å². The Balaban J connectivity index is 1.41. The third-order valence-corrected chi connectivity index (χ3v) is 5.24. The third-order valence-electron chi connectivity index (χ3n) is 4.61. The summed E-state index contributed by atoms with van der Waals surface area (Å²) in [5.41, 5.74) is 2.03. The number of rotatable bonds is 3. The first kappa shape index (κ1) is 16.4. The zero-order valence-corrected chi connectivity index (χ0v) is 15.4. The van der Waals surface area contributed by atoms with Crippen LogP contribution in [-0.2, 0) is 6.54 Å². The summed E-state index contributed by atoms with van der Waals surface area (Å²) in [5, 5.41) is 0. The highest BCUT2D eigenvalue weighted by Gasteiger charge is 2.20. The molecule has 0 amide bonds. The van der Waals surface area contributed by atoms with Crippen LogP contribution in [-0.4, -0.2) is 37.9 Å². The summed E-state index contributed by atoms with van der Waals surface area (Å²) >= 11 is 3.35. The highest BCUT2D eigenvalue weighted by molar-refractivity contribution is 9.10. The van der Waals surface area contributed by atoms with Gasteiger partial charge in [0.15, 0.2) is 11.5 Å². The summed E-state index contributed by atoms with van der Waals surface area (Å²) in [6, 6.07) is 13.6. The van der Waals surface area contributed by atoms with Crippen LogP contribution in [0.4, 0.5) is 5.69 Å². The van der Waals surface area contributed by atoms with E-state index in [-0.39, 0.29) is 5.43 Å². The average molecular weight is 403 g/mol. The van der Waals surface area contributed by atoms with Gasteiger partial charge in [-0.25, -0.2) is 0 Å². The van der Waals surface area contributed by atoms with Crippen molar-refractivity contribution in [2.24, 2.45) is 0 Å². The predicted molar refractivity (Wildman–Crippen MR) is 100 cm³/mol. The van der Waals surface area contributed by atoms with E-state index in [1.165, 1.54) is 5.56 Å². The maximum Gasteiger partial charge on any atom is 0.231 e. The van der Waals surface area contributed by atoms with Crippen LogP contribution in [0.15, 0.2) is 51.7 Å². The fourth-order valence-electron chi connectivity index (χ4n) is 3.25. The van der Waals surface area contributed by atoms with E-state index in [1.54, 1.807) is 6.07 Å². The Bertz CT molecular complexity index is 835. The van der Waals surface area contributed by atoms with Crippen molar-refractivity contribution in [1.82, 2.24) is 4.90 Å². The molecule has 2 aromatic rings. The molecule has 6 heteroatoms. The van der Waals surface area contributed by atoms with Gasteiger partial charge in [0, 0.05) is 32.7 Å².